The molecule has 86 heavy (non-hydrogen) atoms. The SMILES string of the molecule is [2H]N(C(=O)CCCCCCCCCCCCCCC)[C@@H](CSCCNC(=O)CCCCCCCCCCCCCCC)C(=O)N[C@@H](CO)C(=O)N[C@@H](CCCCN)C(=O)N[C@@H](CCCCN)C(=O)N[C@@H](CCCCN)C(=O)N[C@@H](CCCCN)C(=O)O. The van der Waals surface area contributed by atoms with Gasteiger partial charge in [0.15, 0.2) is 1.41 Å². The predicted molar refractivity (Wildman–Crippen MR) is 349 cm³/mol. The zero-order chi connectivity index (χ0) is 64.6. The van der Waals surface area contributed by atoms with Crippen LogP contribution in [0, 0.1) is 0 Å². The van der Waals surface area contributed by atoms with Crippen LogP contribution in [0.25, 0.3) is 0 Å². The van der Waals surface area contributed by atoms with E-state index < -0.39 is 84.3 Å². The lowest BCUT2D eigenvalue weighted by Crippen LogP contribution is -2.60. The molecule has 22 heteroatoms. The van der Waals surface area contributed by atoms with E-state index in [0.717, 1.165) is 44.9 Å². The summed E-state index contributed by atoms with van der Waals surface area (Å²) >= 11 is 1.26. The molecule has 7 amide bonds. The van der Waals surface area contributed by atoms with E-state index in [2.05, 4.69) is 45.7 Å². The highest BCUT2D eigenvalue weighted by Gasteiger charge is 2.33. The summed E-state index contributed by atoms with van der Waals surface area (Å²) in [4.78, 5) is 109. The van der Waals surface area contributed by atoms with Crippen molar-refractivity contribution in [3.05, 3.63) is 0 Å². The minimum Gasteiger partial charge on any atom is -0.480 e. The number of unbranched alkanes of at least 4 members (excludes halogenated alkanes) is 28. The molecule has 0 aliphatic heterocycles. The average Bonchev–Trinajstić information content (AvgIpc) is 3.69. The van der Waals surface area contributed by atoms with Crippen molar-refractivity contribution in [2.24, 2.45) is 22.9 Å². The van der Waals surface area contributed by atoms with Crippen molar-refractivity contribution in [3.8, 4) is 0 Å². The summed E-state index contributed by atoms with van der Waals surface area (Å²) in [7, 11) is 0. The number of nitrogens with two attached hydrogens (primary N) is 4. The van der Waals surface area contributed by atoms with Crippen molar-refractivity contribution in [2.75, 3.05) is 50.8 Å². The summed E-state index contributed by atoms with van der Waals surface area (Å²) in [6.45, 7) is 5.10. The number of carbonyl (C=O) groups is 8. The second kappa shape index (κ2) is 58.6. The molecule has 0 saturated heterocycles. The van der Waals surface area contributed by atoms with Crippen LogP contribution in [0.5, 0.6) is 0 Å². The molecule has 0 aromatic carbocycles. The van der Waals surface area contributed by atoms with Crippen molar-refractivity contribution in [1.82, 2.24) is 37.2 Å². The molecule has 0 unspecified atom stereocenters. The van der Waals surface area contributed by atoms with Crippen LogP contribution in [0.15, 0.2) is 0 Å². The van der Waals surface area contributed by atoms with E-state index in [1.165, 1.54) is 127 Å². The number of aliphatic hydroxyl groups excluding tert-OH is 1. The molecule has 0 bridgehead atoms. The molecule has 0 aromatic heterocycles. The van der Waals surface area contributed by atoms with Gasteiger partial charge in [0.2, 0.25) is 41.4 Å². The number of carbonyl (C=O) groups excluding carboxylic acids is 7. The molecule has 0 aliphatic rings. The van der Waals surface area contributed by atoms with E-state index in [1.807, 2.05) is 0 Å². The molecule has 502 valence electrons. The van der Waals surface area contributed by atoms with Crippen molar-refractivity contribution in [1.29, 1.82) is 0 Å². The van der Waals surface area contributed by atoms with Gasteiger partial charge in [-0.3, -0.25) is 33.6 Å². The van der Waals surface area contributed by atoms with Gasteiger partial charge in [-0.2, -0.15) is 11.8 Å². The molecule has 17 N–H and O–H groups in total. The van der Waals surface area contributed by atoms with E-state index in [-0.39, 0.29) is 50.3 Å². The van der Waals surface area contributed by atoms with Crippen LogP contribution in [0.3, 0.4) is 0 Å². The molecule has 0 saturated carbocycles. The fraction of sp³-hybridized carbons (Fsp3) is 0.875. The Morgan fingerprint density at radius 1 is 0.384 bits per heavy atom. The Morgan fingerprint density at radius 2 is 0.674 bits per heavy atom. The third-order valence-electron chi connectivity index (χ3n) is 15.6. The maximum atomic E-state index is 14.2. The maximum absolute atomic E-state index is 14.2. The molecule has 0 spiro atoms. The van der Waals surface area contributed by atoms with Crippen LogP contribution < -0.4 is 60.1 Å². The Hall–Kier alpha value is -4.09. The summed E-state index contributed by atoms with van der Waals surface area (Å²) in [6.07, 6.45) is 34.9. The Kier molecular flexibility index (Phi) is 54.4. The summed E-state index contributed by atoms with van der Waals surface area (Å²) in [5.74, 6) is -5.56. The Labute approximate surface area is 524 Å². The maximum Gasteiger partial charge on any atom is 0.326 e. The molecule has 0 aromatic rings. The number of aliphatic hydroxyl groups is 1. The standard InChI is InChI=1S/C64H125N11O10S/c1-3-5-7-9-11-13-15-17-19-21-23-25-27-41-57(77)69-47-48-86-50-56(70-58(78)42-28-26-24-22-20-18-16-14-12-10-8-6-4-2)63(83)75-55(49-76)62(82)73-52(38-30-34-44-66)60(80)71-51(37-29-33-43-65)59(79)72-53(39-31-35-45-67)61(81)74-54(64(84)85)40-32-36-46-68/h51-56,76H,3-50,65-68H2,1-2H3,(H,69,77)(H,70,78)(H,71,80)(H,72,79)(H,73,82)(H,74,81)(H,75,83)(H,84,85)/t51-,52-,53-,54-,55-,56-/m0/s1/i/hD. The minimum atomic E-state index is -1.62. The topological polar surface area (TPSA) is 365 Å². The highest BCUT2D eigenvalue weighted by atomic mass is 32.2. The first-order chi connectivity index (χ1) is 42.1. The number of hydrogen-bond acceptors (Lipinski definition) is 14. The minimum absolute atomic E-state index is 0.0443. The first-order valence-corrected chi connectivity index (χ1v) is 35.1. The van der Waals surface area contributed by atoms with Gasteiger partial charge in [-0.05, 0) is 116 Å². The number of hydrogen-bond donors (Lipinski definition) is 13. The Morgan fingerprint density at radius 3 is 1.01 bits per heavy atom. The Bertz CT molecular complexity index is 1800. The largest absolute Gasteiger partial charge is 0.480 e. The number of nitrogens with one attached hydrogen (secondary N) is 7. The second-order valence-electron chi connectivity index (χ2n) is 23.4. The van der Waals surface area contributed by atoms with Gasteiger partial charge in [-0.25, -0.2) is 4.79 Å². The van der Waals surface area contributed by atoms with Gasteiger partial charge in [0.1, 0.15) is 36.3 Å². The summed E-state index contributed by atoms with van der Waals surface area (Å²) in [5, 5.41) is 37.1. The second-order valence-corrected chi connectivity index (χ2v) is 24.6. The molecule has 0 fully saturated rings. The fourth-order valence-electron chi connectivity index (χ4n) is 10.1. The van der Waals surface area contributed by atoms with Crippen molar-refractivity contribution >= 4 is 59.1 Å². The zero-order valence-corrected chi connectivity index (χ0v) is 54.5. The lowest BCUT2D eigenvalue weighted by molar-refractivity contribution is -0.142. The van der Waals surface area contributed by atoms with Crippen LogP contribution in [-0.4, -0.2) is 145 Å². The number of carboxylic acid groups (broad SMARTS) is 1. The highest BCUT2D eigenvalue weighted by molar-refractivity contribution is 7.99. The highest BCUT2D eigenvalue weighted by Crippen LogP contribution is 2.16. The lowest BCUT2D eigenvalue weighted by atomic mass is 10.0. The van der Waals surface area contributed by atoms with Gasteiger partial charge in [0, 0.05) is 30.9 Å². The quantitative estimate of drug-likeness (QED) is 0.0266. The van der Waals surface area contributed by atoms with Gasteiger partial charge >= 0.3 is 5.97 Å². The van der Waals surface area contributed by atoms with Gasteiger partial charge in [0.05, 0.1) is 6.61 Å². The van der Waals surface area contributed by atoms with E-state index in [4.69, 9.17) is 24.3 Å². The number of thioether (sulfide) groups is 1. The molecule has 21 nitrogen and oxygen atoms in total. The van der Waals surface area contributed by atoms with Gasteiger partial charge in [-0.15, -0.1) is 0 Å². The number of amides is 7. The smallest absolute Gasteiger partial charge is 0.326 e. The molecule has 0 heterocycles. The zero-order valence-electron chi connectivity index (χ0n) is 54.7. The van der Waals surface area contributed by atoms with Crippen LogP contribution in [0.4, 0.5) is 0 Å². The van der Waals surface area contributed by atoms with Crippen molar-refractivity contribution in [2.45, 2.75) is 307 Å². The van der Waals surface area contributed by atoms with E-state index >= 15 is 0 Å². The fourth-order valence-corrected chi connectivity index (χ4v) is 11.0. The van der Waals surface area contributed by atoms with Crippen LogP contribution >= 0.6 is 11.8 Å². The average molecular weight is 1240 g/mol. The van der Waals surface area contributed by atoms with E-state index in [9.17, 15) is 48.6 Å². The summed E-state index contributed by atoms with van der Waals surface area (Å²) in [6, 6.07) is -7.93. The summed E-state index contributed by atoms with van der Waals surface area (Å²) in [5.41, 5.74) is 22.9. The molecule has 0 rings (SSSR count). The molecule has 0 radical (unpaired) electrons. The van der Waals surface area contributed by atoms with Gasteiger partial charge in [-0.1, -0.05) is 168 Å². The van der Waals surface area contributed by atoms with Crippen LogP contribution in [-0.2, 0) is 38.4 Å². The van der Waals surface area contributed by atoms with Crippen LogP contribution in [0.1, 0.15) is 271 Å². The molecular weight excluding hydrogens is 1110 g/mol. The van der Waals surface area contributed by atoms with Gasteiger partial charge in [0.25, 0.3) is 0 Å². The van der Waals surface area contributed by atoms with Crippen LogP contribution in [0.2, 0.25) is 1.41 Å². The lowest BCUT2D eigenvalue weighted by Gasteiger charge is -2.27. The predicted octanol–water partition coefficient (Wildman–Crippen LogP) is 7.30. The van der Waals surface area contributed by atoms with E-state index in [1.54, 1.807) is 0 Å². The first-order valence-electron chi connectivity index (χ1n) is 34.4. The van der Waals surface area contributed by atoms with E-state index in [0.29, 0.717) is 101 Å². The Balaban J connectivity index is 6.08. The normalized spacial score (nSPS) is 13.5. The molecule has 6 atom stereocenters. The van der Waals surface area contributed by atoms with Crippen molar-refractivity contribution < 1.29 is 50.0 Å². The summed E-state index contributed by atoms with van der Waals surface area (Å²) < 4.78 is 8.91. The first kappa shape index (κ1) is 79.9. The molecule has 0 aliphatic carbocycles. The van der Waals surface area contributed by atoms with Gasteiger partial charge < -0.3 is 70.4 Å². The molecular formula is C64H125N11O10S. The van der Waals surface area contributed by atoms with Crippen molar-refractivity contribution in [3.63, 3.8) is 0 Å². The third-order valence-corrected chi connectivity index (χ3v) is 16.6. The number of aliphatic carboxylic acids is 1. The third kappa shape index (κ3) is 46.1. The number of rotatable bonds is 62. The monoisotopic (exact) mass is 1240 g/mol. The number of carboxylic acids is 1.